The van der Waals surface area contributed by atoms with Gasteiger partial charge in [-0.2, -0.15) is 0 Å². The van der Waals surface area contributed by atoms with E-state index in [9.17, 15) is 0 Å². The van der Waals surface area contributed by atoms with Crippen LogP contribution in [0.25, 0.3) is 0 Å². The average Bonchev–Trinajstić information content (AvgIpc) is 2.92. The molecule has 1 unspecified atom stereocenters. The third-order valence-electron chi connectivity index (χ3n) is 4.05. The highest BCUT2D eigenvalue weighted by molar-refractivity contribution is 4.99. The van der Waals surface area contributed by atoms with Gasteiger partial charge in [0, 0.05) is 6.04 Å². The molecule has 0 saturated heterocycles. The smallest absolute Gasteiger partial charge is 0.0123 e. The van der Waals surface area contributed by atoms with E-state index in [1.165, 1.54) is 32.1 Å². The number of hydrogen-bond acceptors (Lipinski definition) is 1. The van der Waals surface area contributed by atoms with Gasteiger partial charge in [0.2, 0.25) is 0 Å². The summed E-state index contributed by atoms with van der Waals surface area (Å²) >= 11 is 0. The fraction of sp³-hybridized carbons (Fsp3) is 1.00. The molecule has 0 spiro atoms. The minimum atomic E-state index is 0.638. The molecular formula is C13H27N. The van der Waals surface area contributed by atoms with Crippen molar-refractivity contribution in [3.63, 3.8) is 0 Å². The van der Waals surface area contributed by atoms with Crippen LogP contribution in [-0.2, 0) is 0 Å². The second-order valence-corrected chi connectivity index (χ2v) is 5.18. The molecule has 0 heterocycles. The van der Waals surface area contributed by atoms with Crippen LogP contribution in [0.4, 0.5) is 0 Å². The molecule has 84 valence electrons. The minimum Gasteiger partial charge on any atom is -0.314 e. The van der Waals surface area contributed by atoms with Crippen molar-refractivity contribution in [2.45, 2.75) is 65.8 Å². The summed E-state index contributed by atoms with van der Waals surface area (Å²) in [6.07, 6.45) is 6.94. The molecule has 0 aromatic heterocycles. The molecule has 1 nitrogen and oxygen atoms in total. The van der Waals surface area contributed by atoms with Crippen LogP contribution < -0.4 is 5.32 Å². The van der Waals surface area contributed by atoms with E-state index in [2.05, 4.69) is 33.0 Å². The van der Waals surface area contributed by atoms with Gasteiger partial charge in [-0.15, -0.1) is 0 Å². The Morgan fingerprint density at radius 1 is 1.14 bits per heavy atom. The Kier molecular flexibility index (Phi) is 4.43. The lowest BCUT2D eigenvalue weighted by molar-refractivity contribution is 0.284. The zero-order chi connectivity index (χ0) is 10.6. The number of nitrogens with one attached hydrogen (secondary N) is 1. The first-order chi connectivity index (χ1) is 6.66. The largest absolute Gasteiger partial charge is 0.314 e. The summed E-state index contributed by atoms with van der Waals surface area (Å²) in [4.78, 5) is 0. The first kappa shape index (κ1) is 12.0. The molecule has 0 radical (unpaired) electrons. The molecule has 1 N–H and O–H groups in total. The van der Waals surface area contributed by atoms with Crippen LogP contribution in [0.5, 0.6) is 0 Å². The van der Waals surface area contributed by atoms with E-state index in [0.29, 0.717) is 5.41 Å². The van der Waals surface area contributed by atoms with E-state index in [1.807, 2.05) is 0 Å². The second kappa shape index (κ2) is 5.16. The molecule has 0 aromatic rings. The maximum Gasteiger partial charge on any atom is 0.0123 e. The predicted molar refractivity (Wildman–Crippen MR) is 63.5 cm³/mol. The third-order valence-corrected chi connectivity index (χ3v) is 4.05. The van der Waals surface area contributed by atoms with Gasteiger partial charge in [-0.05, 0) is 37.1 Å². The summed E-state index contributed by atoms with van der Waals surface area (Å²) in [6, 6.07) is 0.775. The Morgan fingerprint density at radius 2 is 1.71 bits per heavy atom. The first-order valence-corrected chi connectivity index (χ1v) is 6.39. The molecule has 1 aliphatic rings. The van der Waals surface area contributed by atoms with Crippen LogP contribution in [-0.4, -0.2) is 12.6 Å². The van der Waals surface area contributed by atoms with Gasteiger partial charge >= 0.3 is 0 Å². The van der Waals surface area contributed by atoms with Crippen molar-refractivity contribution in [3.8, 4) is 0 Å². The molecule has 1 aliphatic carbocycles. The Balaban J connectivity index is 2.42. The molecule has 0 aromatic carbocycles. The minimum absolute atomic E-state index is 0.638. The van der Waals surface area contributed by atoms with Crippen molar-refractivity contribution in [2.24, 2.45) is 11.3 Å². The Hall–Kier alpha value is -0.0400. The van der Waals surface area contributed by atoms with Crippen LogP contribution in [0, 0.1) is 11.3 Å². The normalized spacial score (nSPS) is 21.2. The van der Waals surface area contributed by atoms with Crippen molar-refractivity contribution < 1.29 is 0 Å². The molecule has 1 heteroatoms. The fourth-order valence-corrected chi connectivity index (χ4v) is 2.36. The van der Waals surface area contributed by atoms with Crippen molar-refractivity contribution in [3.05, 3.63) is 0 Å². The number of hydrogen-bond donors (Lipinski definition) is 1. The topological polar surface area (TPSA) is 12.0 Å². The van der Waals surface area contributed by atoms with Crippen LogP contribution >= 0.6 is 0 Å². The summed E-state index contributed by atoms with van der Waals surface area (Å²) in [5.41, 5.74) is 0.638. The quantitative estimate of drug-likeness (QED) is 0.657. The Bertz CT molecular complexity index is 157. The standard InChI is InChI=1S/C13H27N/c1-5-11(6-2)10-12(14-7-3)13(4)8-9-13/h11-12,14H,5-10H2,1-4H3. The predicted octanol–water partition coefficient (Wildman–Crippen LogP) is 3.59. The van der Waals surface area contributed by atoms with Gasteiger partial charge in [0.25, 0.3) is 0 Å². The van der Waals surface area contributed by atoms with Crippen molar-refractivity contribution in [2.75, 3.05) is 6.54 Å². The SMILES string of the molecule is CCNC(CC(CC)CC)C1(C)CC1. The van der Waals surface area contributed by atoms with Gasteiger partial charge in [-0.25, -0.2) is 0 Å². The highest BCUT2D eigenvalue weighted by Crippen LogP contribution is 2.49. The Morgan fingerprint density at radius 3 is 2.07 bits per heavy atom. The number of rotatable bonds is 7. The summed E-state index contributed by atoms with van der Waals surface area (Å²) in [6.45, 7) is 10.5. The van der Waals surface area contributed by atoms with E-state index < -0.39 is 0 Å². The van der Waals surface area contributed by atoms with Gasteiger partial charge < -0.3 is 5.32 Å². The maximum absolute atomic E-state index is 3.68. The zero-order valence-electron chi connectivity index (χ0n) is 10.4. The first-order valence-electron chi connectivity index (χ1n) is 6.39. The highest BCUT2D eigenvalue weighted by atomic mass is 14.9. The summed E-state index contributed by atoms with van der Waals surface area (Å²) in [7, 11) is 0. The molecule has 1 fully saturated rings. The molecule has 1 atom stereocenters. The molecule has 1 rings (SSSR count). The maximum atomic E-state index is 3.68. The van der Waals surface area contributed by atoms with Gasteiger partial charge in [-0.3, -0.25) is 0 Å². The lowest BCUT2D eigenvalue weighted by Crippen LogP contribution is -2.37. The van der Waals surface area contributed by atoms with Crippen LogP contribution in [0.1, 0.15) is 59.8 Å². The van der Waals surface area contributed by atoms with Gasteiger partial charge in [0.1, 0.15) is 0 Å². The molecular weight excluding hydrogens is 170 g/mol. The van der Waals surface area contributed by atoms with E-state index in [1.54, 1.807) is 0 Å². The van der Waals surface area contributed by atoms with Gasteiger partial charge in [0.05, 0.1) is 0 Å². The van der Waals surface area contributed by atoms with E-state index in [4.69, 9.17) is 0 Å². The average molecular weight is 197 g/mol. The van der Waals surface area contributed by atoms with Crippen LogP contribution in [0.3, 0.4) is 0 Å². The van der Waals surface area contributed by atoms with Gasteiger partial charge in [-0.1, -0.05) is 40.5 Å². The fourth-order valence-electron chi connectivity index (χ4n) is 2.36. The molecule has 0 amide bonds. The van der Waals surface area contributed by atoms with Crippen molar-refractivity contribution >= 4 is 0 Å². The zero-order valence-corrected chi connectivity index (χ0v) is 10.4. The summed E-state index contributed by atoms with van der Waals surface area (Å²) in [5.74, 6) is 0.927. The highest BCUT2D eigenvalue weighted by Gasteiger charge is 2.44. The lowest BCUT2D eigenvalue weighted by atomic mass is 9.87. The third kappa shape index (κ3) is 2.98. The monoisotopic (exact) mass is 197 g/mol. The molecule has 14 heavy (non-hydrogen) atoms. The Labute approximate surface area is 89.7 Å². The summed E-state index contributed by atoms with van der Waals surface area (Å²) < 4.78 is 0. The lowest BCUT2D eigenvalue weighted by Gasteiger charge is -2.28. The molecule has 0 bridgehead atoms. The second-order valence-electron chi connectivity index (χ2n) is 5.18. The van der Waals surface area contributed by atoms with Gasteiger partial charge in [0.15, 0.2) is 0 Å². The summed E-state index contributed by atoms with van der Waals surface area (Å²) in [5, 5.41) is 3.68. The molecule has 1 saturated carbocycles. The van der Waals surface area contributed by atoms with Crippen molar-refractivity contribution in [1.29, 1.82) is 0 Å². The van der Waals surface area contributed by atoms with Crippen molar-refractivity contribution in [1.82, 2.24) is 5.32 Å². The molecule has 0 aliphatic heterocycles. The van der Waals surface area contributed by atoms with Crippen LogP contribution in [0.15, 0.2) is 0 Å². The van der Waals surface area contributed by atoms with Crippen LogP contribution in [0.2, 0.25) is 0 Å². The van der Waals surface area contributed by atoms with E-state index >= 15 is 0 Å². The van der Waals surface area contributed by atoms with E-state index in [0.717, 1.165) is 18.5 Å². The van der Waals surface area contributed by atoms with E-state index in [-0.39, 0.29) is 0 Å².